The molecule has 1 aliphatic carbocycles. The highest BCUT2D eigenvalue weighted by Crippen LogP contribution is 2.32. The molecule has 0 spiro atoms. The Balaban J connectivity index is 2.06. The fourth-order valence-corrected chi connectivity index (χ4v) is 2.94. The van der Waals surface area contributed by atoms with E-state index in [1.165, 1.54) is 12.8 Å². The highest BCUT2D eigenvalue weighted by atomic mass is 79.9. The van der Waals surface area contributed by atoms with Crippen LogP contribution in [-0.4, -0.2) is 16.1 Å². The van der Waals surface area contributed by atoms with Crippen LogP contribution in [0, 0.1) is 6.92 Å². The second-order valence-electron chi connectivity index (χ2n) is 4.78. The normalized spacial score (nSPS) is 16.3. The first-order valence-electron chi connectivity index (χ1n) is 6.31. The minimum absolute atomic E-state index is 0.345. The van der Waals surface area contributed by atoms with Gasteiger partial charge in [0.2, 0.25) is 0 Å². The molecule has 0 radical (unpaired) electrons. The summed E-state index contributed by atoms with van der Waals surface area (Å²) in [4.78, 5) is 8.60. The monoisotopic (exact) mass is 306 g/mol. The Morgan fingerprint density at radius 3 is 2.78 bits per heavy atom. The molecule has 4 heteroatoms. The summed E-state index contributed by atoms with van der Waals surface area (Å²) in [7, 11) is 0. The van der Waals surface area contributed by atoms with E-state index >= 15 is 0 Å². The van der Waals surface area contributed by atoms with Crippen LogP contribution in [0.4, 0.5) is 0 Å². The number of rotatable bonds is 2. The summed E-state index contributed by atoms with van der Waals surface area (Å²) in [6.07, 6.45) is 6.79. The standard InChI is InChI=1S/C14H15BrN2O/c1-9-12-6-10(15)7-13(14(12)17-8-16-9)18-11-4-2-3-5-11/h6-8,11H,2-5H2,1H3. The van der Waals surface area contributed by atoms with Crippen LogP contribution in [-0.2, 0) is 0 Å². The third-order valence-electron chi connectivity index (χ3n) is 3.46. The average Bonchev–Trinajstić information content (AvgIpc) is 2.83. The predicted octanol–water partition coefficient (Wildman–Crippen LogP) is 4.02. The fraction of sp³-hybridized carbons (Fsp3) is 0.429. The largest absolute Gasteiger partial charge is 0.488 e. The number of nitrogens with zero attached hydrogens (tertiary/aromatic N) is 2. The van der Waals surface area contributed by atoms with Gasteiger partial charge in [-0.25, -0.2) is 9.97 Å². The molecule has 0 N–H and O–H groups in total. The van der Waals surface area contributed by atoms with E-state index in [9.17, 15) is 0 Å². The smallest absolute Gasteiger partial charge is 0.147 e. The van der Waals surface area contributed by atoms with Gasteiger partial charge in [0.1, 0.15) is 17.6 Å². The number of ether oxygens (including phenoxy) is 1. The second kappa shape index (κ2) is 4.84. The molecule has 0 bridgehead atoms. The Kier molecular flexibility index (Phi) is 3.20. The summed E-state index contributed by atoms with van der Waals surface area (Å²) in [6.45, 7) is 2.00. The summed E-state index contributed by atoms with van der Waals surface area (Å²) in [6, 6.07) is 4.05. The third kappa shape index (κ3) is 2.21. The van der Waals surface area contributed by atoms with Crippen LogP contribution in [0.5, 0.6) is 5.75 Å². The van der Waals surface area contributed by atoms with Crippen LogP contribution >= 0.6 is 15.9 Å². The predicted molar refractivity (Wildman–Crippen MR) is 74.9 cm³/mol. The molecule has 1 aromatic carbocycles. The van der Waals surface area contributed by atoms with Crippen molar-refractivity contribution < 1.29 is 4.74 Å². The van der Waals surface area contributed by atoms with E-state index in [1.54, 1.807) is 6.33 Å². The van der Waals surface area contributed by atoms with E-state index < -0.39 is 0 Å². The minimum atomic E-state index is 0.345. The lowest BCUT2D eigenvalue weighted by Gasteiger charge is -2.15. The second-order valence-corrected chi connectivity index (χ2v) is 5.70. The molecular formula is C14H15BrN2O. The van der Waals surface area contributed by atoms with Crippen molar-refractivity contribution in [2.75, 3.05) is 0 Å². The highest BCUT2D eigenvalue weighted by molar-refractivity contribution is 9.10. The average molecular weight is 307 g/mol. The van der Waals surface area contributed by atoms with Gasteiger partial charge in [0.05, 0.1) is 6.10 Å². The van der Waals surface area contributed by atoms with E-state index in [0.717, 1.165) is 39.7 Å². The van der Waals surface area contributed by atoms with Crippen LogP contribution < -0.4 is 4.74 Å². The first kappa shape index (κ1) is 11.9. The van der Waals surface area contributed by atoms with Crippen LogP contribution in [0.15, 0.2) is 22.9 Å². The Hall–Kier alpha value is -1.16. The van der Waals surface area contributed by atoms with Crippen molar-refractivity contribution in [2.24, 2.45) is 0 Å². The number of hydrogen-bond acceptors (Lipinski definition) is 3. The number of benzene rings is 1. The molecule has 0 aliphatic heterocycles. The lowest BCUT2D eigenvalue weighted by Crippen LogP contribution is -2.11. The molecule has 3 nitrogen and oxygen atoms in total. The third-order valence-corrected chi connectivity index (χ3v) is 3.92. The molecule has 2 aromatic rings. The Morgan fingerprint density at radius 2 is 2.00 bits per heavy atom. The maximum atomic E-state index is 6.10. The van der Waals surface area contributed by atoms with Crippen molar-refractivity contribution in [2.45, 2.75) is 38.7 Å². The van der Waals surface area contributed by atoms with Gasteiger partial charge in [-0.3, -0.25) is 0 Å². The van der Waals surface area contributed by atoms with Crippen LogP contribution in [0.2, 0.25) is 0 Å². The lowest BCUT2D eigenvalue weighted by atomic mass is 10.2. The van der Waals surface area contributed by atoms with Gasteiger partial charge < -0.3 is 4.74 Å². The molecule has 18 heavy (non-hydrogen) atoms. The summed E-state index contributed by atoms with van der Waals surface area (Å²) in [5.74, 6) is 0.872. The van der Waals surface area contributed by atoms with Gasteiger partial charge in [0.15, 0.2) is 0 Å². The topological polar surface area (TPSA) is 35.0 Å². The van der Waals surface area contributed by atoms with Crippen molar-refractivity contribution in [3.63, 3.8) is 0 Å². The zero-order chi connectivity index (χ0) is 12.5. The van der Waals surface area contributed by atoms with Crippen LogP contribution in [0.1, 0.15) is 31.4 Å². The number of aryl methyl sites for hydroxylation is 1. The molecule has 0 saturated heterocycles. The van der Waals surface area contributed by atoms with Gasteiger partial charge in [-0.1, -0.05) is 15.9 Å². The highest BCUT2D eigenvalue weighted by Gasteiger charge is 2.18. The molecule has 1 fully saturated rings. The molecule has 3 rings (SSSR count). The molecule has 1 heterocycles. The molecule has 94 valence electrons. The van der Waals surface area contributed by atoms with Crippen molar-refractivity contribution in [1.29, 1.82) is 0 Å². The van der Waals surface area contributed by atoms with Gasteiger partial charge in [-0.05, 0) is 44.7 Å². The quantitative estimate of drug-likeness (QED) is 0.840. The molecular weight excluding hydrogens is 292 g/mol. The maximum absolute atomic E-state index is 6.10. The van der Waals surface area contributed by atoms with E-state index in [0.29, 0.717) is 6.10 Å². The molecule has 0 amide bonds. The molecule has 1 saturated carbocycles. The SMILES string of the molecule is Cc1ncnc2c(OC3CCCC3)cc(Br)cc12. The summed E-state index contributed by atoms with van der Waals surface area (Å²) < 4.78 is 7.12. The molecule has 1 aromatic heterocycles. The van der Waals surface area contributed by atoms with Gasteiger partial charge in [-0.15, -0.1) is 0 Å². The lowest BCUT2D eigenvalue weighted by molar-refractivity contribution is 0.212. The van der Waals surface area contributed by atoms with E-state index in [2.05, 4.69) is 25.9 Å². The number of fused-ring (bicyclic) bond motifs is 1. The molecule has 0 unspecified atom stereocenters. The van der Waals surface area contributed by atoms with Gasteiger partial charge in [0.25, 0.3) is 0 Å². The molecule has 1 aliphatic rings. The van der Waals surface area contributed by atoms with Crippen molar-refractivity contribution in [3.05, 3.63) is 28.6 Å². The van der Waals surface area contributed by atoms with Crippen LogP contribution in [0.25, 0.3) is 10.9 Å². The zero-order valence-electron chi connectivity index (χ0n) is 10.3. The van der Waals surface area contributed by atoms with Crippen molar-refractivity contribution in [3.8, 4) is 5.75 Å². The zero-order valence-corrected chi connectivity index (χ0v) is 11.9. The summed E-state index contributed by atoms with van der Waals surface area (Å²) >= 11 is 3.53. The van der Waals surface area contributed by atoms with Gasteiger partial charge >= 0.3 is 0 Å². The van der Waals surface area contributed by atoms with Gasteiger partial charge in [-0.2, -0.15) is 0 Å². The number of aromatic nitrogens is 2. The Morgan fingerprint density at radius 1 is 1.22 bits per heavy atom. The summed E-state index contributed by atoms with van der Waals surface area (Å²) in [5.41, 5.74) is 1.90. The Labute approximate surface area is 115 Å². The van der Waals surface area contributed by atoms with E-state index in [4.69, 9.17) is 4.74 Å². The van der Waals surface area contributed by atoms with Crippen molar-refractivity contribution in [1.82, 2.24) is 9.97 Å². The molecule has 0 atom stereocenters. The fourth-order valence-electron chi connectivity index (χ4n) is 2.50. The van der Waals surface area contributed by atoms with Crippen LogP contribution in [0.3, 0.4) is 0 Å². The van der Waals surface area contributed by atoms with E-state index in [1.807, 2.05) is 19.1 Å². The minimum Gasteiger partial charge on any atom is -0.488 e. The van der Waals surface area contributed by atoms with Gasteiger partial charge in [0, 0.05) is 15.6 Å². The number of hydrogen-bond donors (Lipinski definition) is 0. The van der Waals surface area contributed by atoms with E-state index in [-0.39, 0.29) is 0 Å². The Bertz CT molecular complexity index is 579. The maximum Gasteiger partial charge on any atom is 0.147 e. The first-order valence-corrected chi connectivity index (χ1v) is 7.11. The number of halogens is 1. The first-order chi connectivity index (χ1) is 8.74. The van der Waals surface area contributed by atoms with Crippen molar-refractivity contribution >= 4 is 26.8 Å². The summed E-state index contributed by atoms with van der Waals surface area (Å²) in [5, 5.41) is 1.06.